The van der Waals surface area contributed by atoms with Crippen molar-refractivity contribution in [2.45, 2.75) is 25.1 Å². The number of hydrogen-bond donors (Lipinski definition) is 2. The fourth-order valence-corrected chi connectivity index (χ4v) is 2.92. The molecule has 1 unspecified atom stereocenters. The quantitative estimate of drug-likeness (QED) is 0.771. The number of carbonyl (C=O) groups is 1. The van der Waals surface area contributed by atoms with Gasteiger partial charge in [-0.25, -0.2) is 4.98 Å². The van der Waals surface area contributed by atoms with Crippen molar-refractivity contribution >= 4 is 29.0 Å². The Morgan fingerprint density at radius 3 is 2.81 bits per heavy atom. The second kappa shape index (κ2) is 8.14. The molecule has 2 heterocycles. The molecule has 9 heteroatoms. The van der Waals surface area contributed by atoms with Gasteiger partial charge in [-0.15, -0.1) is 0 Å². The van der Waals surface area contributed by atoms with Crippen molar-refractivity contribution in [2.24, 2.45) is 0 Å². The Morgan fingerprint density at radius 1 is 1.30 bits per heavy atom. The van der Waals surface area contributed by atoms with Gasteiger partial charge in [0.15, 0.2) is 0 Å². The van der Waals surface area contributed by atoms with Gasteiger partial charge >= 0.3 is 6.18 Å². The van der Waals surface area contributed by atoms with Crippen LogP contribution in [0.4, 0.5) is 24.7 Å². The lowest BCUT2D eigenvalue weighted by Crippen LogP contribution is -2.20. The van der Waals surface area contributed by atoms with Crippen LogP contribution in [-0.4, -0.2) is 30.1 Å². The van der Waals surface area contributed by atoms with Gasteiger partial charge in [0.05, 0.1) is 17.4 Å². The van der Waals surface area contributed by atoms with Gasteiger partial charge in [-0.05, 0) is 43.2 Å². The second-order valence-electron chi connectivity index (χ2n) is 6.09. The van der Waals surface area contributed by atoms with E-state index in [0.717, 1.165) is 31.6 Å². The summed E-state index contributed by atoms with van der Waals surface area (Å²) in [5.41, 5.74) is -1.18. The largest absolute Gasteiger partial charge is 0.418 e. The number of benzene rings is 1. The lowest BCUT2D eigenvalue weighted by Gasteiger charge is -2.15. The summed E-state index contributed by atoms with van der Waals surface area (Å²) < 4.78 is 45.0. The summed E-state index contributed by atoms with van der Waals surface area (Å²) in [5.74, 6) is -0.226. The van der Waals surface area contributed by atoms with Crippen LogP contribution in [0.25, 0.3) is 0 Å². The molecule has 1 fully saturated rings. The van der Waals surface area contributed by atoms with E-state index in [9.17, 15) is 18.0 Å². The molecule has 2 N–H and O–H groups in total. The van der Waals surface area contributed by atoms with Crippen LogP contribution in [0.2, 0.25) is 5.02 Å². The number of nitrogens with zero attached hydrogens (tertiary/aromatic N) is 1. The Morgan fingerprint density at radius 2 is 2.11 bits per heavy atom. The summed E-state index contributed by atoms with van der Waals surface area (Å²) in [6.45, 7) is 1.28. The average Bonchev–Trinajstić information content (AvgIpc) is 3.14. The number of hydrogen-bond acceptors (Lipinski definition) is 4. The van der Waals surface area contributed by atoms with E-state index in [0.29, 0.717) is 12.4 Å². The fourth-order valence-electron chi connectivity index (χ4n) is 2.75. The zero-order chi connectivity index (χ0) is 19.4. The SMILES string of the molecule is O=C(Nc1ccc(Cl)cc1C(F)(F)F)c1ccnc(NCC2CCCO2)c1. The molecule has 3 rings (SSSR count). The second-order valence-corrected chi connectivity index (χ2v) is 6.52. The van der Waals surface area contributed by atoms with Crippen LogP contribution in [0.15, 0.2) is 36.5 Å². The molecule has 0 radical (unpaired) electrons. The Balaban J connectivity index is 1.72. The first-order chi connectivity index (χ1) is 12.8. The zero-order valence-electron chi connectivity index (χ0n) is 14.1. The number of halogens is 4. The van der Waals surface area contributed by atoms with E-state index < -0.39 is 17.6 Å². The third kappa shape index (κ3) is 5.11. The van der Waals surface area contributed by atoms with E-state index in [4.69, 9.17) is 16.3 Å². The first-order valence-corrected chi connectivity index (χ1v) is 8.70. The van der Waals surface area contributed by atoms with Crippen molar-refractivity contribution in [3.8, 4) is 0 Å². The summed E-state index contributed by atoms with van der Waals surface area (Å²) in [6.07, 6.45) is -1.18. The van der Waals surface area contributed by atoms with Gasteiger partial charge in [0.2, 0.25) is 0 Å². The molecule has 0 saturated carbocycles. The number of pyridine rings is 1. The van der Waals surface area contributed by atoms with Crippen molar-refractivity contribution in [3.05, 3.63) is 52.7 Å². The van der Waals surface area contributed by atoms with Crippen LogP contribution >= 0.6 is 11.6 Å². The summed E-state index contributed by atoms with van der Waals surface area (Å²) in [6, 6.07) is 6.09. The minimum atomic E-state index is -4.64. The summed E-state index contributed by atoms with van der Waals surface area (Å²) in [5, 5.41) is 5.30. The molecular weight excluding hydrogens is 383 g/mol. The number of nitrogens with one attached hydrogen (secondary N) is 2. The predicted molar refractivity (Wildman–Crippen MR) is 96.1 cm³/mol. The number of carbonyl (C=O) groups excluding carboxylic acids is 1. The van der Waals surface area contributed by atoms with E-state index >= 15 is 0 Å². The van der Waals surface area contributed by atoms with E-state index in [2.05, 4.69) is 15.6 Å². The van der Waals surface area contributed by atoms with Crippen LogP contribution in [0.1, 0.15) is 28.8 Å². The molecule has 1 atom stereocenters. The number of aromatic nitrogens is 1. The summed E-state index contributed by atoms with van der Waals surface area (Å²) in [4.78, 5) is 16.5. The highest BCUT2D eigenvalue weighted by atomic mass is 35.5. The van der Waals surface area contributed by atoms with Gasteiger partial charge in [0.25, 0.3) is 5.91 Å². The van der Waals surface area contributed by atoms with Crippen LogP contribution in [0.5, 0.6) is 0 Å². The molecule has 0 bridgehead atoms. The minimum absolute atomic E-state index is 0.0650. The van der Waals surface area contributed by atoms with E-state index in [1.807, 2.05) is 0 Å². The Kier molecular flexibility index (Phi) is 5.86. The Bertz CT molecular complexity index is 824. The third-order valence-corrected chi connectivity index (χ3v) is 4.33. The van der Waals surface area contributed by atoms with Gasteiger partial charge in [-0.2, -0.15) is 13.2 Å². The molecule has 1 aliphatic rings. The maximum Gasteiger partial charge on any atom is 0.418 e. The van der Waals surface area contributed by atoms with Gasteiger partial charge in [-0.1, -0.05) is 11.6 Å². The average molecular weight is 400 g/mol. The highest BCUT2D eigenvalue weighted by Crippen LogP contribution is 2.36. The first kappa shape index (κ1) is 19.4. The van der Waals surface area contributed by atoms with Gasteiger partial charge < -0.3 is 15.4 Å². The van der Waals surface area contributed by atoms with Crippen LogP contribution in [0, 0.1) is 0 Å². The van der Waals surface area contributed by atoms with Crippen molar-refractivity contribution in [1.29, 1.82) is 0 Å². The van der Waals surface area contributed by atoms with Gasteiger partial charge in [0.1, 0.15) is 5.82 Å². The normalized spacial score (nSPS) is 17.0. The molecule has 27 heavy (non-hydrogen) atoms. The van der Waals surface area contributed by atoms with Crippen LogP contribution < -0.4 is 10.6 Å². The maximum atomic E-state index is 13.2. The van der Waals surface area contributed by atoms with E-state index in [1.165, 1.54) is 24.4 Å². The zero-order valence-corrected chi connectivity index (χ0v) is 14.9. The number of ether oxygens (including phenoxy) is 1. The van der Waals surface area contributed by atoms with Crippen molar-refractivity contribution < 1.29 is 22.7 Å². The molecule has 1 aliphatic heterocycles. The standard InChI is InChI=1S/C18H17ClF3N3O2/c19-12-3-4-15(14(9-12)18(20,21)22)25-17(26)11-5-6-23-16(8-11)24-10-13-2-1-7-27-13/h3-6,8-9,13H,1-2,7,10H2,(H,23,24)(H,25,26). The van der Waals surface area contributed by atoms with Crippen molar-refractivity contribution in [1.82, 2.24) is 4.98 Å². The molecule has 1 saturated heterocycles. The van der Waals surface area contributed by atoms with Crippen LogP contribution in [0.3, 0.4) is 0 Å². The first-order valence-electron chi connectivity index (χ1n) is 8.32. The highest BCUT2D eigenvalue weighted by molar-refractivity contribution is 6.30. The molecule has 0 aliphatic carbocycles. The Labute approximate surface area is 158 Å². The Hall–Kier alpha value is -2.32. The molecule has 0 spiro atoms. The smallest absolute Gasteiger partial charge is 0.376 e. The van der Waals surface area contributed by atoms with Gasteiger partial charge in [-0.3, -0.25) is 4.79 Å². The molecule has 1 aromatic heterocycles. The van der Waals surface area contributed by atoms with E-state index in [-0.39, 0.29) is 22.4 Å². The fraction of sp³-hybridized carbons (Fsp3) is 0.333. The van der Waals surface area contributed by atoms with Crippen molar-refractivity contribution in [2.75, 3.05) is 23.8 Å². The lowest BCUT2D eigenvalue weighted by molar-refractivity contribution is -0.136. The summed E-state index contributed by atoms with van der Waals surface area (Å²) >= 11 is 5.65. The highest BCUT2D eigenvalue weighted by Gasteiger charge is 2.34. The topological polar surface area (TPSA) is 63.2 Å². The number of amides is 1. The minimum Gasteiger partial charge on any atom is -0.376 e. The molecular formula is C18H17ClF3N3O2. The molecule has 2 aromatic rings. The number of rotatable bonds is 5. The monoisotopic (exact) mass is 399 g/mol. The molecule has 5 nitrogen and oxygen atoms in total. The summed E-state index contributed by atoms with van der Waals surface area (Å²) in [7, 11) is 0. The molecule has 1 amide bonds. The number of alkyl halides is 3. The van der Waals surface area contributed by atoms with Crippen molar-refractivity contribution in [3.63, 3.8) is 0 Å². The maximum absolute atomic E-state index is 13.2. The van der Waals surface area contributed by atoms with Gasteiger partial charge in [0, 0.05) is 29.9 Å². The molecule has 1 aromatic carbocycles. The van der Waals surface area contributed by atoms with E-state index in [1.54, 1.807) is 0 Å². The predicted octanol–water partition coefficient (Wildman–Crippen LogP) is 4.60. The molecule has 144 valence electrons. The van der Waals surface area contributed by atoms with Crippen LogP contribution in [-0.2, 0) is 10.9 Å². The lowest BCUT2D eigenvalue weighted by atomic mass is 10.1. The third-order valence-electron chi connectivity index (χ3n) is 4.09. The number of anilines is 2.